The quantitative estimate of drug-likeness (QED) is 0.886. The second-order valence-corrected chi connectivity index (χ2v) is 7.77. The molecule has 2 heterocycles. The Morgan fingerprint density at radius 1 is 1.33 bits per heavy atom. The molecule has 1 saturated heterocycles. The highest BCUT2D eigenvalue weighted by molar-refractivity contribution is 7.89. The molecule has 0 aliphatic carbocycles. The summed E-state index contributed by atoms with van der Waals surface area (Å²) in [5.74, 6) is 0.0613. The van der Waals surface area contributed by atoms with Gasteiger partial charge in [-0.25, -0.2) is 8.42 Å². The molecular weight excluding hydrogens is 288 g/mol. The molecule has 0 saturated carbocycles. The first-order valence-electron chi connectivity index (χ1n) is 7.59. The molecule has 116 valence electrons. The molecule has 21 heavy (non-hydrogen) atoms. The van der Waals surface area contributed by atoms with Crippen LogP contribution in [0.15, 0.2) is 23.1 Å². The van der Waals surface area contributed by atoms with Gasteiger partial charge in [0.15, 0.2) is 0 Å². The standard InChI is InChI=1S/C15H22N2O3S/c18-11-12-4-3-9-17(10-12)21(19,20)15-7-1-6-14-13(15)5-2-8-16-14/h1,6-7,12,16,18H,2-5,8-11H2. The Morgan fingerprint density at radius 3 is 3.00 bits per heavy atom. The Balaban J connectivity index is 1.95. The molecule has 0 aromatic heterocycles. The van der Waals surface area contributed by atoms with Gasteiger partial charge in [-0.05, 0) is 49.3 Å². The van der Waals surface area contributed by atoms with Crippen LogP contribution in [0.5, 0.6) is 0 Å². The molecule has 2 aliphatic heterocycles. The fourth-order valence-corrected chi connectivity index (χ4v) is 5.08. The van der Waals surface area contributed by atoms with Crippen LogP contribution in [0.3, 0.4) is 0 Å². The normalized spacial score (nSPS) is 23.4. The van der Waals surface area contributed by atoms with Crippen LogP contribution >= 0.6 is 0 Å². The van der Waals surface area contributed by atoms with Crippen molar-refractivity contribution in [2.24, 2.45) is 5.92 Å². The Bertz CT molecular complexity index is 615. The fourth-order valence-electron chi connectivity index (χ4n) is 3.25. The second-order valence-electron chi connectivity index (χ2n) is 5.87. The monoisotopic (exact) mass is 310 g/mol. The zero-order valence-corrected chi connectivity index (χ0v) is 12.9. The van der Waals surface area contributed by atoms with E-state index in [1.165, 1.54) is 0 Å². The van der Waals surface area contributed by atoms with Crippen LogP contribution in [0.1, 0.15) is 24.8 Å². The summed E-state index contributed by atoms with van der Waals surface area (Å²) >= 11 is 0. The van der Waals surface area contributed by atoms with Crippen LogP contribution in [0.25, 0.3) is 0 Å². The number of hydrogen-bond acceptors (Lipinski definition) is 4. The number of piperidine rings is 1. The Hall–Kier alpha value is -1.11. The minimum Gasteiger partial charge on any atom is -0.396 e. The van der Waals surface area contributed by atoms with Crippen molar-refractivity contribution in [2.45, 2.75) is 30.6 Å². The number of anilines is 1. The number of sulfonamides is 1. The van der Waals surface area contributed by atoms with Gasteiger partial charge < -0.3 is 10.4 Å². The van der Waals surface area contributed by atoms with Crippen molar-refractivity contribution in [3.8, 4) is 0 Å². The van der Waals surface area contributed by atoms with Crippen LogP contribution in [-0.2, 0) is 16.4 Å². The first-order valence-corrected chi connectivity index (χ1v) is 9.03. The first kappa shape index (κ1) is 14.8. The topological polar surface area (TPSA) is 69.6 Å². The zero-order chi connectivity index (χ0) is 14.9. The fraction of sp³-hybridized carbons (Fsp3) is 0.600. The zero-order valence-electron chi connectivity index (χ0n) is 12.1. The van der Waals surface area contributed by atoms with E-state index in [-0.39, 0.29) is 12.5 Å². The largest absolute Gasteiger partial charge is 0.396 e. The number of nitrogens with zero attached hydrogens (tertiary/aromatic N) is 1. The van der Waals surface area contributed by atoms with Gasteiger partial charge in [0, 0.05) is 31.9 Å². The van der Waals surface area contributed by atoms with E-state index in [0.29, 0.717) is 18.0 Å². The molecular formula is C15H22N2O3S. The predicted octanol–water partition coefficient (Wildman–Crippen LogP) is 1.44. The van der Waals surface area contributed by atoms with Gasteiger partial charge in [0.1, 0.15) is 0 Å². The van der Waals surface area contributed by atoms with Crippen LogP contribution < -0.4 is 5.32 Å². The van der Waals surface area contributed by atoms with Gasteiger partial charge >= 0.3 is 0 Å². The Kier molecular flexibility index (Phi) is 4.19. The van der Waals surface area contributed by atoms with Crippen molar-refractivity contribution in [3.63, 3.8) is 0 Å². The molecule has 1 atom stereocenters. The van der Waals surface area contributed by atoms with E-state index in [1.807, 2.05) is 6.07 Å². The maximum atomic E-state index is 12.9. The van der Waals surface area contributed by atoms with Crippen molar-refractivity contribution in [1.29, 1.82) is 0 Å². The van der Waals surface area contributed by atoms with Gasteiger partial charge in [-0.2, -0.15) is 4.31 Å². The van der Waals surface area contributed by atoms with E-state index in [1.54, 1.807) is 16.4 Å². The van der Waals surface area contributed by atoms with Gasteiger partial charge in [-0.3, -0.25) is 0 Å². The lowest BCUT2D eigenvalue weighted by molar-refractivity contribution is 0.165. The van der Waals surface area contributed by atoms with E-state index in [0.717, 1.165) is 43.5 Å². The van der Waals surface area contributed by atoms with Crippen LogP contribution in [0.2, 0.25) is 0 Å². The SMILES string of the molecule is O=S(=O)(c1cccc2c1CCCN2)N1CCCC(CO)C1. The van der Waals surface area contributed by atoms with Gasteiger partial charge in [0.05, 0.1) is 4.90 Å². The highest BCUT2D eigenvalue weighted by Crippen LogP contribution is 2.31. The molecule has 3 rings (SSSR count). The van der Waals surface area contributed by atoms with E-state index < -0.39 is 10.0 Å². The summed E-state index contributed by atoms with van der Waals surface area (Å²) in [6, 6.07) is 5.46. The van der Waals surface area contributed by atoms with Gasteiger partial charge in [0.2, 0.25) is 10.0 Å². The molecule has 1 aromatic rings. The Labute approximate surface area is 126 Å². The maximum absolute atomic E-state index is 12.9. The average molecular weight is 310 g/mol. The number of rotatable bonds is 3. The molecule has 0 bridgehead atoms. The smallest absolute Gasteiger partial charge is 0.243 e. The number of fused-ring (bicyclic) bond motifs is 1. The summed E-state index contributed by atoms with van der Waals surface area (Å²) < 4.78 is 27.4. The number of hydrogen-bond donors (Lipinski definition) is 2. The number of aliphatic hydroxyl groups is 1. The summed E-state index contributed by atoms with van der Waals surface area (Å²) in [6.45, 7) is 1.93. The van der Waals surface area contributed by atoms with E-state index in [4.69, 9.17) is 0 Å². The summed E-state index contributed by atoms with van der Waals surface area (Å²) in [5.41, 5.74) is 1.85. The summed E-state index contributed by atoms with van der Waals surface area (Å²) in [5, 5.41) is 12.6. The van der Waals surface area contributed by atoms with Gasteiger partial charge in [0.25, 0.3) is 0 Å². The lowest BCUT2D eigenvalue weighted by Crippen LogP contribution is -2.41. The first-order chi connectivity index (χ1) is 10.1. The summed E-state index contributed by atoms with van der Waals surface area (Å²) in [6.07, 6.45) is 3.47. The molecule has 1 unspecified atom stereocenters. The molecule has 2 N–H and O–H groups in total. The summed E-state index contributed by atoms with van der Waals surface area (Å²) in [4.78, 5) is 0.436. The second kappa shape index (κ2) is 5.94. The minimum atomic E-state index is -3.46. The number of aliphatic hydroxyl groups excluding tert-OH is 1. The van der Waals surface area contributed by atoms with Crippen molar-refractivity contribution < 1.29 is 13.5 Å². The lowest BCUT2D eigenvalue weighted by Gasteiger charge is -2.32. The molecule has 1 aromatic carbocycles. The van der Waals surface area contributed by atoms with Crippen LogP contribution in [-0.4, -0.2) is 44.1 Å². The highest BCUT2D eigenvalue weighted by atomic mass is 32.2. The van der Waals surface area contributed by atoms with Crippen molar-refractivity contribution in [1.82, 2.24) is 4.31 Å². The molecule has 2 aliphatic rings. The van der Waals surface area contributed by atoms with Crippen LogP contribution in [0, 0.1) is 5.92 Å². The van der Waals surface area contributed by atoms with Crippen LogP contribution in [0.4, 0.5) is 5.69 Å². The number of nitrogens with one attached hydrogen (secondary N) is 1. The van der Waals surface area contributed by atoms with Gasteiger partial charge in [-0.1, -0.05) is 6.07 Å². The summed E-state index contributed by atoms with van der Waals surface area (Å²) in [7, 11) is -3.46. The molecule has 1 fully saturated rings. The molecule has 0 radical (unpaired) electrons. The third kappa shape index (κ3) is 2.80. The van der Waals surface area contributed by atoms with E-state index >= 15 is 0 Å². The maximum Gasteiger partial charge on any atom is 0.243 e. The third-order valence-electron chi connectivity index (χ3n) is 4.41. The highest BCUT2D eigenvalue weighted by Gasteiger charge is 2.32. The minimum absolute atomic E-state index is 0.0560. The molecule has 0 spiro atoms. The average Bonchev–Trinajstić information content (AvgIpc) is 2.54. The molecule has 6 heteroatoms. The van der Waals surface area contributed by atoms with Gasteiger partial charge in [-0.15, -0.1) is 0 Å². The number of benzene rings is 1. The Morgan fingerprint density at radius 2 is 2.19 bits per heavy atom. The molecule has 0 amide bonds. The molecule has 5 nitrogen and oxygen atoms in total. The van der Waals surface area contributed by atoms with E-state index in [9.17, 15) is 13.5 Å². The van der Waals surface area contributed by atoms with E-state index in [2.05, 4.69) is 5.32 Å². The lowest BCUT2D eigenvalue weighted by atomic mass is 10.0. The van der Waals surface area contributed by atoms with Crippen molar-refractivity contribution in [3.05, 3.63) is 23.8 Å². The van der Waals surface area contributed by atoms with Crippen molar-refractivity contribution in [2.75, 3.05) is 31.6 Å². The van der Waals surface area contributed by atoms with Crippen molar-refractivity contribution >= 4 is 15.7 Å². The third-order valence-corrected chi connectivity index (χ3v) is 6.36. The predicted molar refractivity (Wildman–Crippen MR) is 81.8 cm³/mol.